The Morgan fingerprint density at radius 2 is 1.35 bits per heavy atom. The predicted molar refractivity (Wildman–Crippen MR) is 122 cm³/mol. The van der Waals surface area contributed by atoms with Gasteiger partial charge in [0.25, 0.3) is 0 Å². The number of rotatable bonds is 3. The number of carbonyl (C=O) groups is 3. The second-order valence-electron chi connectivity index (χ2n) is 10.1. The number of nitrogens with one attached hydrogen (secondary N) is 2. The maximum Gasteiger partial charge on any atom is 0.243 e. The number of hydrogen-bond donors (Lipinski definition) is 3. The Labute approximate surface area is 188 Å². The van der Waals surface area contributed by atoms with Gasteiger partial charge in [-0.25, -0.2) is 5.06 Å². The molecule has 31 heavy (non-hydrogen) atoms. The Bertz CT molecular complexity index is 533. The molecule has 7 nitrogen and oxygen atoms in total. The summed E-state index contributed by atoms with van der Waals surface area (Å²) in [6.45, 7) is 6.33. The van der Waals surface area contributed by atoms with E-state index in [1.807, 2.05) is 20.8 Å². The SMILES string of the molecule is CC(C)(C)[C@@H]1NC(=O)[C@@H](CN(O)C=O)CCCCCCCCCCCCCCNC1=O. The lowest BCUT2D eigenvalue weighted by Gasteiger charge is -2.32. The first-order valence-corrected chi connectivity index (χ1v) is 12.2. The first-order valence-electron chi connectivity index (χ1n) is 12.2. The van der Waals surface area contributed by atoms with E-state index in [9.17, 15) is 19.6 Å². The molecule has 0 aromatic rings. The van der Waals surface area contributed by atoms with Gasteiger partial charge in [-0.3, -0.25) is 19.6 Å². The summed E-state index contributed by atoms with van der Waals surface area (Å²) >= 11 is 0. The van der Waals surface area contributed by atoms with Crippen molar-refractivity contribution in [1.82, 2.24) is 15.7 Å². The molecule has 0 bridgehead atoms. The van der Waals surface area contributed by atoms with Gasteiger partial charge in [0.05, 0.1) is 12.5 Å². The maximum atomic E-state index is 13.0. The molecule has 2 atom stereocenters. The van der Waals surface area contributed by atoms with Crippen molar-refractivity contribution < 1.29 is 19.6 Å². The summed E-state index contributed by atoms with van der Waals surface area (Å²) in [5, 5.41) is 16.1. The molecule has 1 aliphatic rings. The van der Waals surface area contributed by atoms with E-state index in [0.717, 1.165) is 32.1 Å². The van der Waals surface area contributed by atoms with Crippen LogP contribution in [0.3, 0.4) is 0 Å². The molecule has 3 N–H and O–H groups in total. The van der Waals surface area contributed by atoms with E-state index in [2.05, 4.69) is 10.6 Å². The van der Waals surface area contributed by atoms with E-state index in [4.69, 9.17) is 0 Å². The van der Waals surface area contributed by atoms with Gasteiger partial charge >= 0.3 is 0 Å². The summed E-state index contributed by atoms with van der Waals surface area (Å²) in [6.07, 6.45) is 14.8. The van der Waals surface area contributed by atoms with Gasteiger partial charge in [-0.15, -0.1) is 0 Å². The second-order valence-corrected chi connectivity index (χ2v) is 10.1. The topological polar surface area (TPSA) is 98.7 Å². The van der Waals surface area contributed by atoms with Gasteiger partial charge in [-0.05, 0) is 18.3 Å². The highest BCUT2D eigenvalue weighted by Gasteiger charge is 2.34. The lowest BCUT2D eigenvalue weighted by molar-refractivity contribution is -0.155. The zero-order valence-corrected chi connectivity index (χ0v) is 20.0. The van der Waals surface area contributed by atoms with Crippen LogP contribution in [-0.4, -0.2) is 47.6 Å². The number of amides is 3. The molecule has 1 heterocycles. The van der Waals surface area contributed by atoms with Crippen molar-refractivity contribution in [3.05, 3.63) is 0 Å². The second kappa shape index (κ2) is 15.2. The van der Waals surface area contributed by atoms with Crippen LogP contribution in [0.1, 0.15) is 104 Å². The minimum atomic E-state index is -0.670. The molecule has 0 radical (unpaired) electrons. The first kappa shape index (κ1) is 27.4. The molecule has 0 aromatic carbocycles. The third-order valence-corrected chi connectivity index (χ3v) is 6.09. The molecular formula is C24H45N3O4. The first-order chi connectivity index (χ1) is 14.8. The van der Waals surface area contributed by atoms with Gasteiger partial charge in [-0.2, -0.15) is 0 Å². The molecule has 0 unspecified atom stereocenters. The van der Waals surface area contributed by atoms with Crippen LogP contribution in [0.4, 0.5) is 0 Å². The molecule has 1 rings (SSSR count). The molecule has 3 amide bonds. The van der Waals surface area contributed by atoms with E-state index >= 15 is 0 Å². The average molecular weight is 440 g/mol. The van der Waals surface area contributed by atoms with Gasteiger partial charge in [0, 0.05) is 6.54 Å². The lowest BCUT2D eigenvalue weighted by Crippen LogP contribution is -2.55. The van der Waals surface area contributed by atoms with Crippen LogP contribution < -0.4 is 10.6 Å². The highest BCUT2D eigenvalue weighted by Crippen LogP contribution is 2.21. The van der Waals surface area contributed by atoms with Crippen molar-refractivity contribution in [3.63, 3.8) is 0 Å². The Morgan fingerprint density at radius 1 is 0.871 bits per heavy atom. The van der Waals surface area contributed by atoms with Crippen molar-refractivity contribution >= 4 is 18.2 Å². The molecular weight excluding hydrogens is 394 g/mol. The van der Waals surface area contributed by atoms with Crippen molar-refractivity contribution in [2.45, 2.75) is 110 Å². The Morgan fingerprint density at radius 3 is 1.84 bits per heavy atom. The van der Waals surface area contributed by atoms with Gasteiger partial charge in [0.15, 0.2) is 0 Å². The largest absolute Gasteiger partial charge is 0.354 e. The van der Waals surface area contributed by atoms with E-state index in [1.54, 1.807) is 0 Å². The number of hydroxylamine groups is 2. The highest BCUT2D eigenvalue weighted by atomic mass is 16.5. The maximum absolute atomic E-state index is 13.0. The van der Waals surface area contributed by atoms with Crippen LogP contribution >= 0.6 is 0 Å². The summed E-state index contributed by atoms with van der Waals surface area (Å²) in [4.78, 5) is 36.7. The minimum absolute atomic E-state index is 0.0617. The quantitative estimate of drug-likeness (QED) is 0.349. The lowest BCUT2D eigenvalue weighted by atomic mass is 9.85. The monoisotopic (exact) mass is 439 g/mol. The van der Waals surface area contributed by atoms with Crippen LogP contribution in [0.15, 0.2) is 0 Å². The molecule has 1 aliphatic heterocycles. The highest BCUT2D eigenvalue weighted by molar-refractivity contribution is 5.89. The van der Waals surface area contributed by atoms with Crippen LogP contribution in [0.25, 0.3) is 0 Å². The van der Waals surface area contributed by atoms with E-state index in [0.29, 0.717) is 24.4 Å². The molecule has 7 heteroatoms. The van der Waals surface area contributed by atoms with Crippen LogP contribution in [0, 0.1) is 11.3 Å². The van der Waals surface area contributed by atoms with Gasteiger partial charge < -0.3 is 10.6 Å². The molecule has 1 saturated heterocycles. The van der Waals surface area contributed by atoms with Crippen molar-refractivity contribution in [3.8, 4) is 0 Å². The van der Waals surface area contributed by atoms with Gasteiger partial charge in [0.2, 0.25) is 18.2 Å². The van der Waals surface area contributed by atoms with Gasteiger partial charge in [-0.1, -0.05) is 91.4 Å². The summed E-state index contributed by atoms with van der Waals surface area (Å²) < 4.78 is 0. The summed E-state index contributed by atoms with van der Waals surface area (Å²) in [7, 11) is 0. The summed E-state index contributed by atoms with van der Waals surface area (Å²) in [5.41, 5.74) is -0.454. The van der Waals surface area contributed by atoms with E-state index in [1.165, 1.54) is 44.9 Å². The molecule has 180 valence electrons. The zero-order chi connectivity index (χ0) is 23.1. The van der Waals surface area contributed by atoms with Crippen molar-refractivity contribution in [1.29, 1.82) is 0 Å². The summed E-state index contributed by atoms with van der Waals surface area (Å²) in [5.74, 6) is -1.01. The fraction of sp³-hybridized carbons (Fsp3) is 0.875. The fourth-order valence-corrected chi connectivity index (χ4v) is 4.11. The molecule has 1 fully saturated rings. The van der Waals surface area contributed by atoms with Crippen molar-refractivity contribution in [2.75, 3.05) is 13.1 Å². The smallest absolute Gasteiger partial charge is 0.243 e. The normalized spacial score (nSPS) is 24.5. The van der Waals surface area contributed by atoms with Crippen LogP contribution in [0.2, 0.25) is 0 Å². The van der Waals surface area contributed by atoms with E-state index in [-0.39, 0.29) is 18.4 Å². The third-order valence-electron chi connectivity index (χ3n) is 6.09. The molecule has 0 aliphatic carbocycles. The number of carbonyl (C=O) groups excluding carboxylic acids is 3. The van der Waals surface area contributed by atoms with E-state index < -0.39 is 17.4 Å². The summed E-state index contributed by atoms with van der Waals surface area (Å²) in [6, 6.07) is -0.670. The number of hydrogen-bond acceptors (Lipinski definition) is 4. The van der Waals surface area contributed by atoms with Crippen molar-refractivity contribution in [2.24, 2.45) is 11.3 Å². The number of nitrogens with zero attached hydrogens (tertiary/aromatic N) is 1. The Balaban J connectivity index is 2.82. The van der Waals surface area contributed by atoms with Crippen LogP contribution in [0.5, 0.6) is 0 Å². The molecule has 0 spiro atoms. The molecule has 0 aromatic heterocycles. The Hall–Kier alpha value is -1.63. The van der Waals surface area contributed by atoms with Crippen LogP contribution in [-0.2, 0) is 14.4 Å². The zero-order valence-electron chi connectivity index (χ0n) is 20.0. The fourth-order valence-electron chi connectivity index (χ4n) is 4.11. The third kappa shape index (κ3) is 12.1. The van der Waals surface area contributed by atoms with Gasteiger partial charge in [0.1, 0.15) is 6.04 Å². The molecule has 0 saturated carbocycles. The predicted octanol–water partition coefficient (Wildman–Crippen LogP) is 4.18. The standard InChI is InChI=1S/C24H45N3O4/c1-24(2,3)21-23(30)25-17-15-13-11-9-7-5-4-6-8-10-12-14-16-20(22(29)26-21)18-27(31)19-28/h19-21,31H,4-18H2,1-3H3,(H,25,30)(H,26,29)/t20-,21-/m1/s1. The average Bonchev–Trinajstić information content (AvgIpc) is 2.71. The Kier molecular flexibility index (Phi) is 13.5. The minimum Gasteiger partial charge on any atom is -0.354 e.